The third-order valence-electron chi connectivity index (χ3n) is 0. The Morgan fingerprint density at radius 1 is 0.692 bits per heavy atom. The van der Waals surface area contributed by atoms with Crippen LogP contribution in [0.15, 0.2) is 0 Å². The zero-order chi connectivity index (χ0) is 9.00. The molecule has 0 radical (unpaired) electrons. The van der Waals surface area contributed by atoms with Gasteiger partial charge in [-0.15, -0.1) is 0 Å². The fourth-order valence-electron chi connectivity index (χ4n) is 0. The zero-order valence-electron chi connectivity index (χ0n) is 8.89. The molecule has 13 heavy (non-hydrogen) atoms. The predicted octanol–water partition coefficient (Wildman–Crippen LogP) is -8.45. The second-order valence-corrected chi connectivity index (χ2v) is 3.08. The van der Waals surface area contributed by atoms with Crippen molar-refractivity contribution in [2.75, 3.05) is 0 Å². The van der Waals surface area contributed by atoms with Crippen LogP contribution in [0.25, 0.3) is 0 Å². The second kappa shape index (κ2) is 13.5. The fraction of sp³-hybridized carbons (Fsp3) is 0. The minimum atomic E-state index is -4.64. The molecule has 0 aliphatic carbocycles. The maximum atomic E-state index is 8.88. The molecule has 8 N–H and O–H groups in total. The van der Waals surface area contributed by atoms with Gasteiger partial charge in [-0.1, -0.05) is 0 Å². The smallest absolute Gasteiger partial charge is 1.00 e. The van der Waals surface area contributed by atoms with E-state index in [4.69, 9.17) is 38.5 Å². The van der Waals surface area contributed by atoms with Crippen LogP contribution in [0, 0.1) is 0 Å². The summed E-state index contributed by atoms with van der Waals surface area (Å²) in [6.45, 7) is 0. The van der Waals surface area contributed by atoms with Crippen molar-refractivity contribution >= 4 is 15.6 Å². The van der Waals surface area contributed by atoms with E-state index < -0.39 is 15.6 Å². The van der Waals surface area contributed by atoms with E-state index >= 15 is 0 Å². The Hall–Kier alpha value is 3.45. The van der Waals surface area contributed by atoms with Crippen LogP contribution in [0.1, 0.15) is 2.85 Å². The quantitative estimate of drug-likeness (QED) is 0.187. The van der Waals surface area contributed by atoms with Crippen molar-refractivity contribution in [2.45, 2.75) is 0 Å². The summed E-state index contributed by atoms with van der Waals surface area (Å²) in [7, 11) is -9.28. The monoisotopic (exact) mass is 294 g/mol. The molecule has 0 fully saturated rings. The van der Waals surface area contributed by atoms with Crippen molar-refractivity contribution in [3.63, 3.8) is 0 Å². The van der Waals surface area contributed by atoms with E-state index in [0.717, 1.165) is 0 Å². The molecule has 0 heterocycles. The van der Waals surface area contributed by atoms with Gasteiger partial charge in [0.05, 0.1) is 0 Å². The first-order valence-corrected chi connectivity index (χ1v) is 4.70. The first kappa shape index (κ1) is 30.0. The SMILES string of the molecule is O.O=P(O)(O)O.O=P(O)(O)O.[H-].[H-].[K+].[K+]. The van der Waals surface area contributed by atoms with Crippen molar-refractivity contribution in [1.82, 2.24) is 0 Å². The molecule has 0 unspecified atom stereocenters. The van der Waals surface area contributed by atoms with Gasteiger partial charge in [-0.25, -0.2) is 9.13 Å². The van der Waals surface area contributed by atoms with Gasteiger partial charge in [0.2, 0.25) is 0 Å². The average molecular weight is 294 g/mol. The molecule has 0 aromatic rings. The maximum Gasteiger partial charge on any atom is 1.00 e. The van der Waals surface area contributed by atoms with Crippen LogP contribution in [0.3, 0.4) is 0 Å². The molecule has 0 aromatic carbocycles. The molecule has 0 aliphatic heterocycles. The number of hydrogen-bond donors (Lipinski definition) is 6. The fourth-order valence-corrected chi connectivity index (χ4v) is 0. The summed E-state index contributed by atoms with van der Waals surface area (Å²) in [5, 5.41) is 0. The van der Waals surface area contributed by atoms with Gasteiger partial charge < -0.3 is 37.7 Å². The van der Waals surface area contributed by atoms with Crippen molar-refractivity contribution in [1.29, 1.82) is 0 Å². The van der Waals surface area contributed by atoms with E-state index in [1.165, 1.54) is 0 Å². The summed E-state index contributed by atoms with van der Waals surface area (Å²) < 4.78 is 17.8. The van der Waals surface area contributed by atoms with Crippen LogP contribution < -0.4 is 103 Å². The van der Waals surface area contributed by atoms with Crippen molar-refractivity contribution < 1.29 is 150 Å². The Kier molecular flexibility index (Phi) is 31.1. The van der Waals surface area contributed by atoms with Crippen LogP contribution in [0.2, 0.25) is 0 Å². The van der Waals surface area contributed by atoms with Crippen LogP contribution >= 0.6 is 15.6 Å². The normalized spacial score (nSPS) is 9.08. The van der Waals surface area contributed by atoms with E-state index in [1.54, 1.807) is 0 Å². The first-order valence-electron chi connectivity index (χ1n) is 1.57. The number of rotatable bonds is 0. The molecule has 13 heteroatoms. The zero-order valence-corrected chi connectivity index (χ0v) is 14.9. The van der Waals surface area contributed by atoms with Crippen molar-refractivity contribution in [3.8, 4) is 0 Å². The molecular weight excluding hydrogens is 284 g/mol. The Morgan fingerprint density at radius 2 is 0.692 bits per heavy atom. The van der Waals surface area contributed by atoms with Gasteiger partial charge >= 0.3 is 118 Å². The first-order chi connectivity index (χ1) is 4.00. The van der Waals surface area contributed by atoms with E-state index in [2.05, 4.69) is 0 Å². The minimum absolute atomic E-state index is 0. The summed E-state index contributed by atoms with van der Waals surface area (Å²) in [4.78, 5) is 43.1. The van der Waals surface area contributed by atoms with E-state index in [-0.39, 0.29) is 111 Å². The van der Waals surface area contributed by atoms with Gasteiger partial charge in [-0.05, 0) is 0 Å². The Balaban J connectivity index is -0.0000000128. The molecule has 0 saturated carbocycles. The largest absolute Gasteiger partial charge is 1.00 e. The molecule has 0 rings (SSSR count). The molecule has 0 aromatic heterocycles. The Labute approximate surface area is 162 Å². The standard InChI is InChI=1S/2K.2H3O4P.H2O.2H/c;;2*1-5(2,3)4;;;/h;;2*(H3,1,2,3,4);1H2;;/q2*+1;;;;2*-1. The van der Waals surface area contributed by atoms with E-state index in [9.17, 15) is 0 Å². The van der Waals surface area contributed by atoms with Crippen molar-refractivity contribution in [2.24, 2.45) is 0 Å². The summed E-state index contributed by atoms with van der Waals surface area (Å²) in [6, 6.07) is 0. The van der Waals surface area contributed by atoms with Gasteiger partial charge in [0, 0.05) is 0 Å². The summed E-state index contributed by atoms with van der Waals surface area (Å²) in [6.07, 6.45) is 0. The molecule has 9 nitrogen and oxygen atoms in total. The van der Waals surface area contributed by atoms with Crippen LogP contribution in [0.5, 0.6) is 0 Å². The van der Waals surface area contributed by atoms with E-state index in [0.29, 0.717) is 0 Å². The molecule has 0 amide bonds. The summed E-state index contributed by atoms with van der Waals surface area (Å²) in [5.41, 5.74) is 0. The van der Waals surface area contributed by atoms with Crippen LogP contribution in [-0.2, 0) is 9.13 Å². The Bertz CT molecular complexity index is 136. The minimum Gasteiger partial charge on any atom is -1.00 e. The van der Waals surface area contributed by atoms with Gasteiger partial charge in [0.15, 0.2) is 0 Å². The third-order valence-corrected chi connectivity index (χ3v) is 0. The third kappa shape index (κ3) is 235. The second-order valence-electron chi connectivity index (χ2n) is 1.03. The van der Waals surface area contributed by atoms with Crippen LogP contribution in [-0.4, -0.2) is 34.8 Å². The summed E-state index contributed by atoms with van der Waals surface area (Å²) in [5.74, 6) is 0. The molecule has 0 atom stereocenters. The van der Waals surface area contributed by atoms with Gasteiger partial charge in [-0.2, -0.15) is 0 Å². The average Bonchev–Trinajstić information content (AvgIpc) is 1.12. The van der Waals surface area contributed by atoms with Gasteiger partial charge in [0.1, 0.15) is 0 Å². The molecule has 0 saturated heterocycles. The molecule has 0 aliphatic rings. The van der Waals surface area contributed by atoms with Gasteiger partial charge in [0.25, 0.3) is 0 Å². The number of hydrogen-bond acceptors (Lipinski definition) is 2. The topological polar surface area (TPSA) is 187 Å². The molecule has 0 bridgehead atoms. The molecule has 0 spiro atoms. The maximum absolute atomic E-state index is 8.88. The van der Waals surface area contributed by atoms with Crippen molar-refractivity contribution in [3.05, 3.63) is 0 Å². The Morgan fingerprint density at radius 3 is 0.692 bits per heavy atom. The van der Waals surface area contributed by atoms with Crippen LogP contribution in [0.4, 0.5) is 0 Å². The molecule has 76 valence electrons. The predicted molar refractivity (Wildman–Crippen MR) is 34.4 cm³/mol. The van der Waals surface area contributed by atoms with E-state index in [1.807, 2.05) is 0 Å². The number of phosphoric acid groups is 2. The van der Waals surface area contributed by atoms with Gasteiger partial charge in [-0.3, -0.25) is 0 Å². The summed E-state index contributed by atoms with van der Waals surface area (Å²) >= 11 is 0. The molecular formula is H10K2O9P2.